The number of carbonyl (C=O) groups is 1. The Morgan fingerprint density at radius 3 is 2.71 bits per heavy atom. The zero-order chi connectivity index (χ0) is 23.5. The molecule has 1 aliphatic rings. The van der Waals surface area contributed by atoms with E-state index in [1.807, 2.05) is 41.3 Å². The molecule has 0 radical (unpaired) electrons. The highest BCUT2D eigenvalue weighted by atomic mass is 32.2. The highest BCUT2D eigenvalue weighted by molar-refractivity contribution is 7.99. The number of ether oxygens (including phenoxy) is 2. The molecule has 0 atom stereocenters. The van der Waals surface area contributed by atoms with Crippen LogP contribution in [0.25, 0.3) is 11.0 Å². The summed E-state index contributed by atoms with van der Waals surface area (Å²) in [5.41, 5.74) is 4.21. The summed E-state index contributed by atoms with van der Waals surface area (Å²) in [6.07, 6.45) is 2.02. The van der Waals surface area contributed by atoms with Crippen molar-refractivity contribution in [2.75, 3.05) is 26.5 Å². The van der Waals surface area contributed by atoms with Crippen LogP contribution in [0.4, 0.5) is 0 Å². The van der Waals surface area contributed by atoms with Gasteiger partial charge < -0.3 is 23.8 Å². The zero-order valence-electron chi connectivity index (χ0n) is 19.0. The molecule has 2 aromatic heterocycles. The fraction of sp³-hybridized carbons (Fsp3) is 0.333. The lowest BCUT2D eigenvalue weighted by atomic mass is 9.99. The second kappa shape index (κ2) is 9.76. The van der Waals surface area contributed by atoms with Gasteiger partial charge in [0.15, 0.2) is 11.5 Å². The first-order valence-corrected chi connectivity index (χ1v) is 12.0. The van der Waals surface area contributed by atoms with E-state index in [9.17, 15) is 4.79 Å². The molecular formula is C24H25N5O4S. The Bertz CT molecular complexity index is 1280. The number of aryl methyl sites for hydroxylation is 2. The number of benzene rings is 2. The number of nitrogens with one attached hydrogen (secondary N) is 1. The average molecular weight is 480 g/mol. The van der Waals surface area contributed by atoms with E-state index in [1.54, 1.807) is 14.2 Å². The van der Waals surface area contributed by atoms with Crippen molar-refractivity contribution in [2.45, 2.75) is 31.0 Å². The molecule has 1 N–H and O–H groups in total. The van der Waals surface area contributed by atoms with E-state index in [0.717, 1.165) is 28.8 Å². The third kappa shape index (κ3) is 4.72. The van der Waals surface area contributed by atoms with Gasteiger partial charge in [0.05, 0.1) is 31.0 Å². The molecule has 0 saturated carbocycles. The number of aromatic amines is 1. The van der Waals surface area contributed by atoms with Gasteiger partial charge in [-0.25, -0.2) is 4.98 Å². The predicted octanol–water partition coefficient (Wildman–Crippen LogP) is 3.43. The molecule has 0 bridgehead atoms. The van der Waals surface area contributed by atoms with Crippen molar-refractivity contribution in [3.63, 3.8) is 0 Å². The first-order valence-electron chi connectivity index (χ1n) is 11.0. The number of imidazole rings is 1. The Morgan fingerprint density at radius 2 is 1.91 bits per heavy atom. The van der Waals surface area contributed by atoms with Gasteiger partial charge in [-0.2, -0.15) is 0 Å². The molecule has 5 rings (SSSR count). The number of aromatic nitrogens is 4. The Kier molecular flexibility index (Phi) is 6.39. The Hall–Kier alpha value is -3.53. The van der Waals surface area contributed by atoms with E-state index in [0.29, 0.717) is 48.5 Å². The maximum absolute atomic E-state index is 12.8. The summed E-state index contributed by atoms with van der Waals surface area (Å²) in [5, 5.41) is 8.59. The molecule has 10 heteroatoms. The number of nitrogens with zero attached hydrogens (tertiary/aromatic N) is 4. The fourth-order valence-corrected chi connectivity index (χ4v) is 4.74. The number of hydrogen-bond acceptors (Lipinski definition) is 8. The van der Waals surface area contributed by atoms with Gasteiger partial charge in [-0.1, -0.05) is 23.9 Å². The smallest absolute Gasteiger partial charge is 0.277 e. The van der Waals surface area contributed by atoms with Crippen LogP contribution in [0.5, 0.6) is 11.5 Å². The largest absolute Gasteiger partial charge is 0.493 e. The highest BCUT2D eigenvalue weighted by Gasteiger charge is 2.23. The summed E-state index contributed by atoms with van der Waals surface area (Å²) in [4.78, 5) is 22.5. The summed E-state index contributed by atoms with van der Waals surface area (Å²) in [6.45, 7) is 1.20. The van der Waals surface area contributed by atoms with Crippen molar-refractivity contribution in [3.8, 4) is 11.5 Å². The lowest BCUT2D eigenvalue weighted by Crippen LogP contribution is -2.37. The molecule has 0 unspecified atom stereocenters. The molecule has 0 saturated heterocycles. The molecular weight excluding hydrogens is 454 g/mol. The standard InChI is InChI=1S/C24H25N5O4S/c1-31-19-11-15-9-10-29(13-16(15)12-20(19)32-2)23(30)14-34-24-28-27-22(33-24)8-7-21-25-17-5-3-4-6-18(17)26-21/h3-6,11-12H,7-10,13-14H2,1-2H3,(H,25,26). The van der Waals surface area contributed by atoms with E-state index >= 15 is 0 Å². The van der Waals surface area contributed by atoms with Crippen LogP contribution < -0.4 is 9.47 Å². The lowest BCUT2D eigenvalue weighted by Gasteiger charge is -2.29. The van der Waals surface area contributed by atoms with E-state index in [-0.39, 0.29) is 11.7 Å². The second-order valence-corrected chi connectivity index (χ2v) is 8.92. The summed E-state index contributed by atoms with van der Waals surface area (Å²) in [7, 11) is 3.24. The Balaban J connectivity index is 1.14. The maximum Gasteiger partial charge on any atom is 0.277 e. The third-order valence-corrected chi connectivity index (χ3v) is 6.66. The van der Waals surface area contributed by atoms with Crippen molar-refractivity contribution in [2.24, 2.45) is 0 Å². The second-order valence-electron chi connectivity index (χ2n) is 7.99. The van der Waals surface area contributed by atoms with Crippen LogP contribution in [-0.2, 0) is 30.6 Å². The quantitative estimate of drug-likeness (QED) is 0.383. The topological polar surface area (TPSA) is 106 Å². The van der Waals surface area contributed by atoms with E-state index < -0.39 is 0 Å². The number of carbonyl (C=O) groups excluding carboxylic acids is 1. The van der Waals surface area contributed by atoms with Gasteiger partial charge in [-0.15, -0.1) is 10.2 Å². The first-order chi connectivity index (χ1) is 16.6. The van der Waals surface area contributed by atoms with E-state index in [1.165, 1.54) is 17.3 Å². The number of para-hydroxylation sites is 2. The van der Waals surface area contributed by atoms with E-state index in [2.05, 4.69) is 20.2 Å². The van der Waals surface area contributed by atoms with Gasteiger partial charge in [-0.3, -0.25) is 4.79 Å². The predicted molar refractivity (Wildman–Crippen MR) is 127 cm³/mol. The van der Waals surface area contributed by atoms with Crippen LogP contribution in [0, 0.1) is 0 Å². The number of hydrogen-bond donors (Lipinski definition) is 1. The molecule has 176 valence electrons. The number of methoxy groups -OCH3 is 2. The van der Waals surface area contributed by atoms with Gasteiger partial charge in [-0.05, 0) is 41.8 Å². The molecule has 0 aliphatic carbocycles. The minimum atomic E-state index is 0.0347. The Morgan fingerprint density at radius 1 is 1.12 bits per heavy atom. The normalized spacial score (nSPS) is 13.2. The van der Waals surface area contributed by atoms with Crippen LogP contribution >= 0.6 is 11.8 Å². The maximum atomic E-state index is 12.8. The number of amides is 1. The molecule has 2 aromatic carbocycles. The lowest BCUT2D eigenvalue weighted by molar-refractivity contribution is -0.129. The fourth-order valence-electron chi connectivity index (χ4n) is 4.06. The number of H-pyrrole nitrogens is 1. The van der Waals surface area contributed by atoms with Crippen molar-refractivity contribution in [3.05, 3.63) is 59.2 Å². The van der Waals surface area contributed by atoms with E-state index in [4.69, 9.17) is 13.9 Å². The summed E-state index contributed by atoms with van der Waals surface area (Å²) in [6, 6.07) is 11.9. The highest BCUT2D eigenvalue weighted by Crippen LogP contribution is 2.33. The van der Waals surface area contributed by atoms with Crippen LogP contribution in [0.1, 0.15) is 22.8 Å². The minimum absolute atomic E-state index is 0.0347. The van der Waals surface area contributed by atoms with Gasteiger partial charge >= 0.3 is 0 Å². The SMILES string of the molecule is COc1cc2c(cc1OC)CN(C(=O)CSc1nnc(CCc3nc4ccccc4[nH]3)o1)CC2. The van der Waals surface area contributed by atoms with Crippen molar-refractivity contribution in [1.82, 2.24) is 25.1 Å². The molecule has 3 heterocycles. The third-order valence-electron chi connectivity index (χ3n) is 5.85. The molecule has 0 spiro atoms. The summed E-state index contributed by atoms with van der Waals surface area (Å²) >= 11 is 1.26. The van der Waals surface area contributed by atoms with Gasteiger partial charge in [0, 0.05) is 25.9 Å². The average Bonchev–Trinajstić information content (AvgIpc) is 3.51. The van der Waals surface area contributed by atoms with Crippen molar-refractivity contribution >= 4 is 28.7 Å². The monoisotopic (exact) mass is 479 g/mol. The number of thioether (sulfide) groups is 1. The zero-order valence-corrected chi connectivity index (χ0v) is 19.9. The van der Waals surface area contributed by atoms with Crippen LogP contribution in [-0.4, -0.2) is 57.5 Å². The molecule has 4 aromatic rings. The molecule has 1 aliphatic heterocycles. The molecule has 1 amide bonds. The van der Waals surface area contributed by atoms with Crippen LogP contribution in [0.15, 0.2) is 46.0 Å². The summed E-state index contributed by atoms with van der Waals surface area (Å²) < 4.78 is 16.5. The molecule has 9 nitrogen and oxygen atoms in total. The van der Waals surface area contributed by atoms with Gasteiger partial charge in [0.2, 0.25) is 11.8 Å². The molecule has 0 fully saturated rings. The Labute approximate surface area is 200 Å². The van der Waals surface area contributed by atoms with Crippen LogP contribution in [0.2, 0.25) is 0 Å². The number of fused-ring (bicyclic) bond motifs is 2. The van der Waals surface area contributed by atoms with Crippen molar-refractivity contribution in [1.29, 1.82) is 0 Å². The molecule has 34 heavy (non-hydrogen) atoms. The summed E-state index contributed by atoms with van der Waals surface area (Å²) in [5.74, 6) is 3.07. The van der Waals surface area contributed by atoms with Crippen molar-refractivity contribution < 1.29 is 18.7 Å². The van der Waals surface area contributed by atoms with Crippen LogP contribution in [0.3, 0.4) is 0 Å². The van der Waals surface area contributed by atoms with Gasteiger partial charge in [0.25, 0.3) is 5.22 Å². The number of rotatable bonds is 8. The minimum Gasteiger partial charge on any atom is -0.493 e. The first kappa shape index (κ1) is 22.3. The van der Waals surface area contributed by atoms with Gasteiger partial charge in [0.1, 0.15) is 5.82 Å².